The van der Waals surface area contributed by atoms with E-state index in [9.17, 15) is 9.59 Å². The number of hydrogen-bond donors (Lipinski definition) is 0. The quantitative estimate of drug-likeness (QED) is 0.223. The van der Waals surface area contributed by atoms with Crippen molar-refractivity contribution in [1.29, 1.82) is 0 Å². The van der Waals surface area contributed by atoms with Crippen molar-refractivity contribution < 1.29 is 19.1 Å². The van der Waals surface area contributed by atoms with Gasteiger partial charge in [-0.1, -0.05) is 24.3 Å². The minimum Gasteiger partial charge on any atom is -0.459 e. The number of amidine groups is 2. The van der Waals surface area contributed by atoms with Crippen molar-refractivity contribution in [1.82, 2.24) is 9.97 Å². The van der Waals surface area contributed by atoms with Crippen molar-refractivity contribution in [3.63, 3.8) is 0 Å². The van der Waals surface area contributed by atoms with E-state index in [0.717, 1.165) is 50.2 Å². The zero-order valence-corrected chi connectivity index (χ0v) is 28.2. The molecule has 0 spiro atoms. The van der Waals surface area contributed by atoms with Gasteiger partial charge in [-0.15, -0.1) is 0 Å². The summed E-state index contributed by atoms with van der Waals surface area (Å²) in [6.45, 7) is 8.83. The van der Waals surface area contributed by atoms with Crippen molar-refractivity contribution >= 4 is 35.2 Å². The van der Waals surface area contributed by atoms with Crippen LogP contribution in [0.2, 0.25) is 0 Å². The molecule has 1 unspecified atom stereocenters. The Bertz CT molecular complexity index is 1620. The monoisotopic (exact) mass is 648 g/mol. The van der Waals surface area contributed by atoms with Crippen molar-refractivity contribution in [2.45, 2.75) is 102 Å². The molecule has 3 aromatic rings. The maximum absolute atomic E-state index is 13.1. The van der Waals surface area contributed by atoms with E-state index in [1.165, 1.54) is 11.1 Å². The molecule has 2 saturated heterocycles. The fourth-order valence-electron chi connectivity index (χ4n) is 6.63. The molecule has 10 nitrogen and oxygen atoms in total. The molecule has 2 saturated carbocycles. The number of nitrogens with zero attached hydrogens (tertiary/aromatic N) is 6. The molecule has 1 aromatic carbocycles. The van der Waals surface area contributed by atoms with Crippen LogP contribution in [0.25, 0.3) is 0 Å². The highest BCUT2D eigenvalue weighted by atomic mass is 16.5. The number of hydrogen-bond acceptors (Lipinski definition) is 8. The van der Waals surface area contributed by atoms with E-state index in [1.807, 2.05) is 27.7 Å². The first-order valence-corrected chi connectivity index (χ1v) is 17.4. The summed E-state index contributed by atoms with van der Waals surface area (Å²) in [6, 6.07) is 16.6. The Labute approximate surface area is 282 Å². The van der Waals surface area contributed by atoms with E-state index < -0.39 is 0 Å². The molecular formula is C38H44N6O4. The standard InChI is InChI=1S/C38H44N6O4/c1-23(2)47-37(45)31-10-6-18-39-33(31)43-20-16-29(35(43)41-27-12-13-27)25-8-5-9-26(22-25)30-17-21-44(36(30)42-28-14-15-28)34-32(11-7-19-40-34)38(46)48-24(3)4/h5-11,18-19,22-24,27-30H,12-17,20-21H2,1-4H3/t29-,30?/m1/s1. The van der Waals surface area contributed by atoms with Crippen LogP contribution in [0.3, 0.4) is 0 Å². The van der Waals surface area contributed by atoms with Gasteiger partial charge in [-0.3, -0.25) is 9.98 Å². The second-order valence-corrected chi connectivity index (χ2v) is 13.8. The van der Waals surface area contributed by atoms with Gasteiger partial charge in [0.2, 0.25) is 0 Å². The van der Waals surface area contributed by atoms with Crippen LogP contribution < -0.4 is 9.80 Å². The minimum absolute atomic E-state index is 0.0658. The summed E-state index contributed by atoms with van der Waals surface area (Å²) in [4.78, 5) is 50.2. The molecule has 0 bridgehead atoms. The number of benzene rings is 1. The van der Waals surface area contributed by atoms with E-state index in [2.05, 4.69) is 44.0 Å². The first kappa shape index (κ1) is 32.0. The van der Waals surface area contributed by atoms with Crippen molar-refractivity contribution in [3.05, 3.63) is 83.2 Å². The molecule has 48 heavy (non-hydrogen) atoms. The SMILES string of the molecule is CC(C)OC(=O)c1cccnc1N1CCC(c2cccc([C@H]3CCN(c4ncccc4C(=O)OC(C)C)C3=NC3CC3)c2)C1=NC1CC1. The molecule has 4 heterocycles. The summed E-state index contributed by atoms with van der Waals surface area (Å²) < 4.78 is 11.2. The third-order valence-corrected chi connectivity index (χ3v) is 9.11. The first-order chi connectivity index (χ1) is 23.3. The zero-order valence-electron chi connectivity index (χ0n) is 28.2. The predicted octanol–water partition coefficient (Wildman–Crippen LogP) is 6.72. The predicted molar refractivity (Wildman–Crippen MR) is 186 cm³/mol. The number of ether oxygens (including phenoxy) is 2. The summed E-state index contributed by atoms with van der Waals surface area (Å²) in [5, 5.41) is 0. The Morgan fingerprint density at radius 2 is 1.10 bits per heavy atom. The Kier molecular flexibility index (Phi) is 8.98. The third kappa shape index (κ3) is 6.84. The Morgan fingerprint density at radius 1 is 0.667 bits per heavy atom. The smallest absolute Gasteiger partial charge is 0.342 e. The molecule has 0 N–H and O–H groups in total. The number of carbonyl (C=O) groups excluding carboxylic acids is 2. The highest BCUT2D eigenvalue weighted by Gasteiger charge is 2.39. The third-order valence-electron chi connectivity index (χ3n) is 9.11. The average molecular weight is 649 g/mol. The summed E-state index contributed by atoms with van der Waals surface area (Å²) in [6.07, 6.45) is 9.04. The van der Waals surface area contributed by atoms with Crippen LogP contribution in [0.1, 0.15) is 110 Å². The van der Waals surface area contributed by atoms with Crippen LogP contribution in [0.5, 0.6) is 0 Å². The lowest BCUT2D eigenvalue weighted by atomic mass is 9.90. The van der Waals surface area contributed by atoms with Crippen LogP contribution in [0.4, 0.5) is 11.6 Å². The van der Waals surface area contributed by atoms with E-state index in [0.29, 0.717) is 47.9 Å². The van der Waals surface area contributed by atoms with Crippen molar-refractivity contribution in [3.8, 4) is 0 Å². The lowest BCUT2D eigenvalue weighted by Crippen LogP contribution is -2.31. The lowest BCUT2D eigenvalue weighted by Gasteiger charge is -2.24. The molecule has 2 aliphatic carbocycles. The lowest BCUT2D eigenvalue weighted by molar-refractivity contribution is 0.0367. The van der Waals surface area contributed by atoms with Crippen LogP contribution in [-0.4, -0.2) is 71.0 Å². The number of esters is 2. The van der Waals surface area contributed by atoms with Gasteiger partial charge in [0.25, 0.3) is 0 Å². The average Bonchev–Trinajstić information content (AvgIpc) is 3.99. The summed E-state index contributed by atoms with van der Waals surface area (Å²) in [5.74, 6) is 2.54. The number of anilines is 2. The van der Waals surface area contributed by atoms with Gasteiger partial charge in [0, 0.05) is 37.3 Å². The van der Waals surface area contributed by atoms with Crippen LogP contribution in [0, 0.1) is 0 Å². The minimum atomic E-state index is -0.369. The van der Waals surface area contributed by atoms with Gasteiger partial charge in [-0.2, -0.15) is 0 Å². The molecule has 2 aromatic heterocycles. The van der Waals surface area contributed by atoms with Gasteiger partial charge in [0.1, 0.15) is 34.4 Å². The molecule has 10 heteroatoms. The maximum atomic E-state index is 13.1. The summed E-state index contributed by atoms with van der Waals surface area (Å²) in [5.41, 5.74) is 3.31. The molecule has 2 aliphatic heterocycles. The maximum Gasteiger partial charge on any atom is 0.342 e. The molecule has 7 rings (SSSR count). The summed E-state index contributed by atoms with van der Waals surface area (Å²) >= 11 is 0. The fourth-order valence-corrected chi connectivity index (χ4v) is 6.63. The van der Waals surface area contributed by atoms with E-state index in [1.54, 1.807) is 36.7 Å². The second-order valence-electron chi connectivity index (χ2n) is 13.8. The van der Waals surface area contributed by atoms with Gasteiger partial charge in [-0.05, 0) is 102 Å². The Morgan fingerprint density at radius 3 is 1.50 bits per heavy atom. The highest BCUT2D eigenvalue weighted by Crippen LogP contribution is 2.40. The fraction of sp³-hybridized carbons (Fsp3) is 0.474. The summed E-state index contributed by atoms with van der Waals surface area (Å²) in [7, 11) is 0. The van der Waals surface area contributed by atoms with Crippen LogP contribution in [0.15, 0.2) is 70.9 Å². The van der Waals surface area contributed by atoms with E-state index in [4.69, 9.17) is 19.5 Å². The van der Waals surface area contributed by atoms with Gasteiger partial charge in [0.05, 0.1) is 24.3 Å². The van der Waals surface area contributed by atoms with Gasteiger partial charge in [0.15, 0.2) is 0 Å². The number of carbonyl (C=O) groups is 2. The Hall–Kier alpha value is -4.60. The normalized spacial score (nSPS) is 22.7. The van der Waals surface area contributed by atoms with Gasteiger partial charge in [-0.25, -0.2) is 19.6 Å². The van der Waals surface area contributed by atoms with Crippen LogP contribution in [-0.2, 0) is 9.47 Å². The molecular weight excluding hydrogens is 604 g/mol. The topological polar surface area (TPSA) is 110 Å². The van der Waals surface area contributed by atoms with Crippen LogP contribution >= 0.6 is 0 Å². The molecule has 250 valence electrons. The molecule has 2 atom stereocenters. The molecule has 4 aliphatic rings. The largest absolute Gasteiger partial charge is 0.459 e. The molecule has 0 amide bonds. The second kappa shape index (κ2) is 13.5. The van der Waals surface area contributed by atoms with E-state index in [-0.39, 0.29) is 36.0 Å². The number of rotatable bonds is 10. The van der Waals surface area contributed by atoms with E-state index >= 15 is 0 Å². The zero-order chi connectivity index (χ0) is 33.4. The van der Waals surface area contributed by atoms with Gasteiger partial charge < -0.3 is 19.3 Å². The van der Waals surface area contributed by atoms with Crippen molar-refractivity contribution in [2.24, 2.45) is 9.98 Å². The molecule has 0 radical (unpaired) electrons. The first-order valence-electron chi connectivity index (χ1n) is 17.4. The van der Waals surface area contributed by atoms with Crippen molar-refractivity contribution in [2.75, 3.05) is 22.9 Å². The number of aromatic nitrogens is 2. The Balaban J connectivity index is 1.20. The van der Waals surface area contributed by atoms with Gasteiger partial charge >= 0.3 is 11.9 Å². The highest BCUT2D eigenvalue weighted by molar-refractivity contribution is 6.09. The number of pyridine rings is 2. The molecule has 4 fully saturated rings. The number of aliphatic imine (C=N–C) groups is 2.